The first-order chi connectivity index (χ1) is 12.3. The van der Waals surface area contributed by atoms with Crippen molar-refractivity contribution in [1.29, 1.82) is 0 Å². The van der Waals surface area contributed by atoms with Crippen LogP contribution >= 0.6 is 0 Å². The van der Waals surface area contributed by atoms with Gasteiger partial charge in [-0.05, 0) is 43.2 Å². The van der Waals surface area contributed by atoms with Crippen LogP contribution in [0.25, 0.3) is 0 Å². The molecule has 9 heteroatoms. The van der Waals surface area contributed by atoms with E-state index in [0.29, 0.717) is 17.3 Å². The number of anilines is 2. The molecule has 1 aliphatic rings. The molecule has 0 radical (unpaired) electrons. The van der Waals surface area contributed by atoms with Gasteiger partial charge in [-0.25, -0.2) is 23.5 Å². The largest absolute Gasteiger partial charge is 0.358 e. The van der Waals surface area contributed by atoms with Gasteiger partial charge in [0.25, 0.3) is 0 Å². The fourth-order valence-electron chi connectivity index (χ4n) is 3.36. The Labute approximate surface area is 152 Å². The van der Waals surface area contributed by atoms with Gasteiger partial charge in [0.1, 0.15) is 0 Å². The topological polar surface area (TPSA) is 127 Å². The molecule has 0 atom stereocenters. The van der Waals surface area contributed by atoms with Crippen molar-refractivity contribution in [2.75, 3.05) is 12.4 Å². The second-order valence-corrected chi connectivity index (χ2v) is 7.89. The summed E-state index contributed by atoms with van der Waals surface area (Å²) >= 11 is 0. The molecular weight excluding hydrogens is 354 g/mol. The lowest BCUT2D eigenvalue weighted by atomic mass is 9.81. The minimum atomic E-state index is -3.73. The van der Waals surface area contributed by atoms with E-state index in [4.69, 9.17) is 5.14 Å². The Kier molecular flexibility index (Phi) is 4.92. The highest BCUT2D eigenvalue weighted by Gasteiger charge is 2.43. The van der Waals surface area contributed by atoms with Crippen LogP contribution in [-0.2, 0) is 20.2 Å². The van der Waals surface area contributed by atoms with Crippen molar-refractivity contribution in [3.63, 3.8) is 0 Å². The number of aromatic nitrogens is 2. The summed E-state index contributed by atoms with van der Waals surface area (Å²) < 4.78 is 22.6. The van der Waals surface area contributed by atoms with E-state index in [-0.39, 0.29) is 10.8 Å². The zero-order valence-electron chi connectivity index (χ0n) is 14.4. The first-order valence-electron chi connectivity index (χ1n) is 8.31. The molecule has 2 aromatic rings. The number of benzene rings is 1. The summed E-state index contributed by atoms with van der Waals surface area (Å²) in [5.41, 5.74) is 0.689. The maximum atomic E-state index is 12.5. The van der Waals surface area contributed by atoms with E-state index in [1.54, 1.807) is 31.4 Å². The van der Waals surface area contributed by atoms with Crippen LogP contribution in [0, 0.1) is 0 Å². The Morgan fingerprint density at radius 1 is 1.15 bits per heavy atom. The Morgan fingerprint density at radius 3 is 2.38 bits per heavy atom. The van der Waals surface area contributed by atoms with Gasteiger partial charge >= 0.3 is 0 Å². The normalized spacial score (nSPS) is 16.2. The highest BCUT2D eigenvalue weighted by atomic mass is 32.2. The number of hydrogen-bond donors (Lipinski definition) is 3. The number of nitrogens with zero attached hydrogens (tertiary/aromatic N) is 2. The SMILES string of the molecule is CNC(=O)C1(c2ccnc(Nc3ccc(S(N)(=O)=O)cc3)n2)CCCC1. The van der Waals surface area contributed by atoms with Gasteiger partial charge in [-0.3, -0.25) is 4.79 Å². The molecule has 1 heterocycles. The predicted molar refractivity (Wildman–Crippen MR) is 97.3 cm³/mol. The van der Waals surface area contributed by atoms with E-state index >= 15 is 0 Å². The minimum Gasteiger partial charge on any atom is -0.358 e. The summed E-state index contributed by atoms with van der Waals surface area (Å²) in [6.07, 6.45) is 5.09. The molecule has 0 bridgehead atoms. The van der Waals surface area contributed by atoms with Gasteiger partial charge in [-0.15, -0.1) is 0 Å². The van der Waals surface area contributed by atoms with E-state index in [0.717, 1.165) is 25.7 Å². The van der Waals surface area contributed by atoms with Gasteiger partial charge < -0.3 is 10.6 Å². The standard InChI is InChI=1S/C17H21N5O3S/c1-19-15(23)17(9-2-3-10-17)14-8-11-20-16(22-14)21-12-4-6-13(7-5-12)26(18,24)25/h4-8,11H,2-3,9-10H2,1H3,(H,19,23)(H2,18,24,25)(H,20,21,22). The van der Waals surface area contributed by atoms with Gasteiger partial charge in [-0.2, -0.15) is 0 Å². The van der Waals surface area contributed by atoms with Gasteiger partial charge in [0.15, 0.2) is 0 Å². The molecule has 138 valence electrons. The zero-order chi connectivity index (χ0) is 18.8. The molecule has 1 aromatic carbocycles. The molecule has 26 heavy (non-hydrogen) atoms. The first kappa shape index (κ1) is 18.3. The van der Waals surface area contributed by atoms with Gasteiger partial charge in [-0.1, -0.05) is 12.8 Å². The fraction of sp³-hybridized carbons (Fsp3) is 0.353. The molecule has 1 fully saturated rings. The van der Waals surface area contributed by atoms with Gasteiger partial charge in [0, 0.05) is 18.9 Å². The molecule has 4 N–H and O–H groups in total. The van der Waals surface area contributed by atoms with Crippen molar-refractivity contribution >= 4 is 27.6 Å². The fourth-order valence-corrected chi connectivity index (χ4v) is 3.88. The van der Waals surface area contributed by atoms with Crippen molar-refractivity contribution in [2.24, 2.45) is 5.14 Å². The van der Waals surface area contributed by atoms with Crippen molar-refractivity contribution in [1.82, 2.24) is 15.3 Å². The van der Waals surface area contributed by atoms with Crippen molar-refractivity contribution < 1.29 is 13.2 Å². The number of nitrogens with one attached hydrogen (secondary N) is 2. The van der Waals surface area contributed by atoms with Crippen LogP contribution in [-0.4, -0.2) is 31.3 Å². The Bertz CT molecular complexity index is 906. The van der Waals surface area contributed by atoms with E-state index in [1.807, 2.05) is 0 Å². The van der Waals surface area contributed by atoms with Crippen molar-refractivity contribution in [3.05, 3.63) is 42.2 Å². The molecule has 3 rings (SSSR count). The third-order valence-corrected chi connectivity index (χ3v) is 5.63. The highest BCUT2D eigenvalue weighted by Crippen LogP contribution is 2.40. The summed E-state index contributed by atoms with van der Waals surface area (Å²) in [5.74, 6) is 0.318. The van der Waals surface area contributed by atoms with Crippen LogP contribution in [0.4, 0.5) is 11.6 Å². The Balaban J connectivity index is 1.87. The molecule has 0 saturated heterocycles. The lowest BCUT2D eigenvalue weighted by Crippen LogP contribution is -2.41. The average molecular weight is 375 g/mol. The minimum absolute atomic E-state index is 0.0299. The Hall–Kier alpha value is -2.52. The van der Waals surface area contributed by atoms with Crippen LogP contribution in [0.5, 0.6) is 0 Å². The quantitative estimate of drug-likeness (QED) is 0.725. The first-order valence-corrected chi connectivity index (χ1v) is 9.85. The van der Waals surface area contributed by atoms with Gasteiger partial charge in [0.05, 0.1) is 16.0 Å². The van der Waals surface area contributed by atoms with Crippen molar-refractivity contribution in [3.8, 4) is 0 Å². The summed E-state index contributed by atoms with van der Waals surface area (Å²) in [5, 5.41) is 10.9. The molecule has 1 aliphatic carbocycles. The number of primary sulfonamides is 1. The van der Waals surface area contributed by atoms with Crippen LogP contribution < -0.4 is 15.8 Å². The number of carbonyl (C=O) groups is 1. The molecule has 1 aromatic heterocycles. The Morgan fingerprint density at radius 2 is 1.81 bits per heavy atom. The molecule has 8 nitrogen and oxygen atoms in total. The smallest absolute Gasteiger partial charge is 0.238 e. The lowest BCUT2D eigenvalue weighted by Gasteiger charge is -2.26. The number of likely N-dealkylation sites (N-methyl/N-ethyl adjacent to an activating group) is 1. The molecule has 1 saturated carbocycles. The van der Waals surface area contributed by atoms with Crippen LogP contribution in [0.1, 0.15) is 31.4 Å². The number of hydrogen-bond acceptors (Lipinski definition) is 6. The van der Waals surface area contributed by atoms with Crippen LogP contribution in [0.2, 0.25) is 0 Å². The number of rotatable bonds is 5. The number of nitrogens with two attached hydrogens (primary N) is 1. The average Bonchev–Trinajstić information content (AvgIpc) is 3.12. The third-order valence-electron chi connectivity index (χ3n) is 4.70. The maximum Gasteiger partial charge on any atom is 0.238 e. The second-order valence-electron chi connectivity index (χ2n) is 6.33. The molecule has 0 unspecified atom stereocenters. The van der Waals surface area contributed by atoms with E-state index in [2.05, 4.69) is 20.6 Å². The summed E-state index contributed by atoms with van der Waals surface area (Å²) in [4.78, 5) is 21.2. The molecular formula is C17H21N5O3S. The molecule has 0 spiro atoms. The van der Waals surface area contributed by atoms with Crippen LogP contribution in [0.3, 0.4) is 0 Å². The predicted octanol–water partition coefficient (Wildman–Crippen LogP) is 1.43. The third kappa shape index (κ3) is 3.54. The van der Waals surface area contributed by atoms with Gasteiger partial charge in [0.2, 0.25) is 21.9 Å². The summed E-state index contributed by atoms with van der Waals surface area (Å²) in [6.45, 7) is 0. The monoisotopic (exact) mass is 375 g/mol. The summed E-state index contributed by atoms with van der Waals surface area (Å²) in [6, 6.07) is 7.75. The zero-order valence-corrected chi connectivity index (χ0v) is 15.2. The number of amides is 1. The highest BCUT2D eigenvalue weighted by molar-refractivity contribution is 7.89. The number of carbonyl (C=O) groups excluding carboxylic acids is 1. The molecule has 0 aliphatic heterocycles. The summed E-state index contributed by atoms with van der Waals surface area (Å²) in [7, 11) is -2.10. The van der Waals surface area contributed by atoms with Crippen molar-refractivity contribution in [2.45, 2.75) is 36.0 Å². The second kappa shape index (κ2) is 7.00. The maximum absolute atomic E-state index is 12.5. The van der Waals surface area contributed by atoms with Crippen LogP contribution in [0.15, 0.2) is 41.4 Å². The molecule has 1 amide bonds. The van der Waals surface area contributed by atoms with E-state index in [1.165, 1.54) is 12.1 Å². The van der Waals surface area contributed by atoms with E-state index in [9.17, 15) is 13.2 Å². The van der Waals surface area contributed by atoms with E-state index < -0.39 is 15.4 Å². The number of sulfonamides is 1. The lowest BCUT2D eigenvalue weighted by molar-refractivity contribution is -0.126.